The van der Waals surface area contributed by atoms with Gasteiger partial charge in [0.05, 0.1) is 53.6 Å². The summed E-state index contributed by atoms with van der Waals surface area (Å²) in [6.07, 6.45) is 0. The number of nitrogens with one attached hydrogen (secondary N) is 2. The van der Waals surface area contributed by atoms with E-state index >= 15 is 0 Å². The Hall–Kier alpha value is -4.20. The van der Waals surface area contributed by atoms with Crippen LogP contribution in [0.25, 0.3) is 44.3 Å². The first-order valence-corrected chi connectivity index (χ1v) is 15.5. The lowest BCUT2D eigenvalue weighted by atomic mass is 10.0. The molecule has 2 heterocycles. The Bertz CT molecular complexity index is 2120. The number of hydrogen-bond donors (Lipinski definition) is 2. The number of rotatable bonds is 7. The van der Waals surface area contributed by atoms with Crippen molar-refractivity contribution in [3.63, 3.8) is 0 Å². The zero-order valence-corrected chi connectivity index (χ0v) is 26.8. The molecule has 6 aromatic rings. The normalized spacial score (nSPS) is 11.8. The molecular weight excluding hydrogens is 650 g/mol. The number of amides is 2. The molecule has 2 aromatic heterocycles. The standard InChI is InChI=1S/C35H24Cl4N4O2/c1-19(41-35(45)25-17-33(21-11-13-27(37)29(39)15-21)43-31-9-5-3-7-23(25)31)18-40-34(44)24-16-32(20-10-12-26(36)28(38)14-20)42-30-8-4-2-6-22(24)30/h2-17,19H,18H2,1H3,(H,40,44)(H,41,45). The van der Waals surface area contributed by atoms with Crippen LogP contribution in [0, 0.1) is 0 Å². The van der Waals surface area contributed by atoms with Crippen molar-refractivity contribution in [1.29, 1.82) is 0 Å². The van der Waals surface area contributed by atoms with E-state index in [0.29, 0.717) is 64.4 Å². The molecule has 0 fully saturated rings. The molecule has 224 valence electrons. The molecule has 0 radical (unpaired) electrons. The number of para-hydroxylation sites is 2. The van der Waals surface area contributed by atoms with Crippen molar-refractivity contribution in [2.45, 2.75) is 13.0 Å². The Labute approximate surface area is 279 Å². The van der Waals surface area contributed by atoms with Crippen LogP contribution in [0.1, 0.15) is 27.6 Å². The molecule has 2 amide bonds. The van der Waals surface area contributed by atoms with Gasteiger partial charge in [-0.05, 0) is 55.5 Å². The average molecular weight is 674 g/mol. The highest BCUT2D eigenvalue weighted by molar-refractivity contribution is 6.42. The third-order valence-corrected chi connectivity index (χ3v) is 8.78. The minimum atomic E-state index is -0.399. The summed E-state index contributed by atoms with van der Waals surface area (Å²) in [5.74, 6) is -0.597. The van der Waals surface area contributed by atoms with Crippen LogP contribution < -0.4 is 10.6 Å². The fourth-order valence-corrected chi connectivity index (χ4v) is 5.62. The van der Waals surface area contributed by atoms with Crippen LogP contribution in [0.5, 0.6) is 0 Å². The van der Waals surface area contributed by atoms with Crippen molar-refractivity contribution in [3.05, 3.63) is 128 Å². The fourth-order valence-electron chi connectivity index (χ4n) is 5.03. The number of carbonyl (C=O) groups is 2. The topological polar surface area (TPSA) is 84.0 Å². The number of aromatic nitrogens is 2. The molecule has 10 heteroatoms. The summed E-state index contributed by atoms with van der Waals surface area (Å²) < 4.78 is 0. The average Bonchev–Trinajstić information content (AvgIpc) is 3.05. The maximum absolute atomic E-state index is 13.6. The predicted molar refractivity (Wildman–Crippen MR) is 184 cm³/mol. The van der Waals surface area contributed by atoms with Gasteiger partial charge >= 0.3 is 0 Å². The smallest absolute Gasteiger partial charge is 0.252 e. The number of hydrogen-bond acceptors (Lipinski definition) is 4. The second kappa shape index (κ2) is 13.0. The lowest BCUT2D eigenvalue weighted by Crippen LogP contribution is -2.42. The van der Waals surface area contributed by atoms with Gasteiger partial charge < -0.3 is 10.6 Å². The Morgan fingerprint density at radius 1 is 0.622 bits per heavy atom. The van der Waals surface area contributed by atoms with Crippen LogP contribution in [0.3, 0.4) is 0 Å². The fraction of sp³-hybridized carbons (Fsp3) is 0.0857. The first-order chi connectivity index (χ1) is 21.7. The van der Waals surface area contributed by atoms with Gasteiger partial charge in [0.15, 0.2) is 0 Å². The van der Waals surface area contributed by atoms with E-state index in [1.54, 1.807) is 48.5 Å². The Morgan fingerprint density at radius 3 is 1.58 bits per heavy atom. The second-order valence-electron chi connectivity index (χ2n) is 10.5. The van der Waals surface area contributed by atoms with Crippen molar-refractivity contribution in [1.82, 2.24) is 20.6 Å². The molecule has 2 N–H and O–H groups in total. The second-order valence-corrected chi connectivity index (χ2v) is 12.1. The highest BCUT2D eigenvalue weighted by atomic mass is 35.5. The van der Waals surface area contributed by atoms with E-state index < -0.39 is 6.04 Å². The number of carbonyl (C=O) groups excluding carboxylic acids is 2. The number of halogens is 4. The maximum atomic E-state index is 13.6. The molecule has 45 heavy (non-hydrogen) atoms. The van der Waals surface area contributed by atoms with E-state index in [0.717, 1.165) is 11.1 Å². The highest BCUT2D eigenvalue weighted by Crippen LogP contribution is 2.31. The third-order valence-electron chi connectivity index (χ3n) is 7.30. The summed E-state index contributed by atoms with van der Waals surface area (Å²) >= 11 is 24.7. The molecule has 0 aliphatic heterocycles. The predicted octanol–water partition coefficient (Wildman–Crippen LogP) is 9.28. The van der Waals surface area contributed by atoms with Gasteiger partial charge in [-0.2, -0.15) is 0 Å². The monoisotopic (exact) mass is 672 g/mol. The Balaban J connectivity index is 1.23. The Morgan fingerprint density at radius 2 is 1.09 bits per heavy atom. The summed E-state index contributed by atoms with van der Waals surface area (Å²) in [6.45, 7) is 2.01. The van der Waals surface area contributed by atoms with Crippen LogP contribution >= 0.6 is 46.4 Å². The number of nitrogens with zero attached hydrogens (tertiary/aromatic N) is 2. The number of benzene rings is 4. The molecular formula is C35H24Cl4N4O2. The molecule has 1 unspecified atom stereocenters. The minimum absolute atomic E-state index is 0.187. The quantitative estimate of drug-likeness (QED) is 0.177. The van der Waals surface area contributed by atoms with E-state index in [9.17, 15) is 9.59 Å². The van der Waals surface area contributed by atoms with Gasteiger partial charge in [-0.15, -0.1) is 0 Å². The maximum Gasteiger partial charge on any atom is 0.252 e. The van der Waals surface area contributed by atoms with Crippen LogP contribution in [0.15, 0.2) is 97.1 Å². The molecule has 1 atom stereocenters. The van der Waals surface area contributed by atoms with E-state index in [1.165, 1.54) is 0 Å². The van der Waals surface area contributed by atoms with Crippen LogP contribution in [0.4, 0.5) is 0 Å². The molecule has 0 saturated carbocycles. The van der Waals surface area contributed by atoms with E-state index in [4.69, 9.17) is 56.4 Å². The van der Waals surface area contributed by atoms with Crippen molar-refractivity contribution >= 4 is 80.0 Å². The molecule has 0 aliphatic rings. The van der Waals surface area contributed by atoms with Crippen molar-refractivity contribution in [3.8, 4) is 22.5 Å². The SMILES string of the molecule is CC(CNC(=O)c1cc(-c2ccc(Cl)c(Cl)c2)nc2ccccc12)NC(=O)c1cc(-c2ccc(Cl)c(Cl)c2)nc2ccccc12. The van der Waals surface area contributed by atoms with Gasteiger partial charge in [-0.3, -0.25) is 9.59 Å². The van der Waals surface area contributed by atoms with Gasteiger partial charge in [-0.1, -0.05) is 94.9 Å². The summed E-state index contributed by atoms with van der Waals surface area (Å²) in [5.41, 5.74) is 4.85. The summed E-state index contributed by atoms with van der Waals surface area (Å²) in [7, 11) is 0. The third kappa shape index (κ3) is 6.60. The van der Waals surface area contributed by atoms with Crippen molar-refractivity contribution in [2.24, 2.45) is 0 Å². The minimum Gasteiger partial charge on any atom is -0.350 e. The first kappa shape index (κ1) is 30.8. The van der Waals surface area contributed by atoms with Gasteiger partial charge in [0.2, 0.25) is 0 Å². The molecule has 0 aliphatic carbocycles. The summed E-state index contributed by atoms with van der Waals surface area (Å²) in [4.78, 5) is 36.6. The first-order valence-electron chi connectivity index (χ1n) is 14.0. The summed E-state index contributed by atoms with van der Waals surface area (Å²) in [6, 6.07) is 28.3. The molecule has 0 spiro atoms. The largest absolute Gasteiger partial charge is 0.350 e. The molecule has 6 nitrogen and oxygen atoms in total. The van der Waals surface area contributed by atoms with Crippen LogP contribution in [-0.4, -0.2) is 34.4 Å². The highest BCUT2D eigenvalue weighted by Gasteiger charge is 2.19. The number of pyridine rings is 2. The van der Waals surface area contributed by atoms with E-state index in [2.05, 4.69) is 10.6 Å². The van der Waals surface area contributed by atoms with Gasteiger partial charge in [0, 0.05) is 34.5 Å². The Kier molecular flexibility index (Phi) is 8.92. The zero-order valence-electron chi connectivity index (χ0n) is 23.7. The van der Waals surface area contributed by atoms with Crippen molar-refractivity contribution < 1.29 is 9.59 Å². The van der Waals surface area contributed by atoms with Crippen LogP contribution in [0.2, 0.25) is 20.1 Å². The zero-order chi connectivity index (χ0) is 31.7. The molecule has 6 rings (SSSR count). The molecule has 0 bridgehead atoms. The van der Waals surface area contributed by atoms with Crippen molar-refractivity contribution in [2.75, 3.05) is 6.54 Å². The molecule has 4 aromatic carbocycles. The lowest BCUT2D eigenvalue weighted by molar-refractivity contribution is 0.0914. The van der Waals surface area contributed by atoms with Crippen LogP contribution in [-0.2, 0) is 0 Å². The lowest BCUT2D eigenvalue weighted by Gasteiger charge is -2.17. The molecule has 0 saturated heterocycles. The van der Waals surface area contributed by atoms with Gasteiger partial charge in [0.25, 0.3) is 11.8 Å². The summed E-state index contributed by atoms with van der Waals surface area (Å²) in [5, 5.41) is 9.03. The van der Waals surface area contributed by atoms with Gasteiger partial charge in [-0.25, -0.2) is 9.97 Å². The van der Waals surface area contributed by atoms with Gasteiger partial charge in [0.1, 0.15) is 0 Å². The van der Waals surface area contributed by atoms with E-state index in [1.807, 2.05) is 55.5 Å². The number of fused-ring (bicyclic) bond motifs is 2. The van der Waals surface area contributed by atoms with E-state index in [-0.39, 0.29) is 18.4 Å².